The maximum Gasteiger partial charge on any atom is 0.311 e. The number of rotatable bonds is 3. The molecular formula is C47H73NO17. The van der Waals surface area contributed by atoms with Crippen LogP contribution in [0.3, 0.4) is 0 Å². The molecule has 3 rings (SSSR count). The van der Waals surface area contributed by atoms with Crippen molar-refractivity contribution in [1.82, 2.24) is 0 Å². The van der Waals surface area contributed by atoms with Crippen molar-refractivity contribution >= 4 is 11.9 Å². The Hall–Kier alpha value is -3.44. The molecule has 0 radical (unpaired) electrons. The fraction of sp³-hybridized carbons (Fsp3) is 0.660. The summed E-state index contributed by atoms with van der Waals surface area (Å²) < 4.78 is 23.1. The van der Waals surface area contributed by atoms with Crippen molar-refractivity contribution in [3.63, 3.8) is 0 Å². The largest absolute Gasteiger partial charge is 0.481 e. The lowest BCUT2D eigenvalue weighted by molar-refractivity contribution is -0.308. The quantitative estimate of drug-likeness (QED) is 0.174. The fourth-order valence-electron chi connectivity index (χ4n) is 7.97. The van der Waals surface area contributed by atoms with E-state index >= 15 is 0 Å². The molecule has 0 aliphatic carbocycles. The number of carboxylic acids is 1. The molecule has 2 saturated heterocycles. The first-order valence-corrected chi connectivity index (χ1v) is 22.3. The zero-order chi connectivity index (χ0) is 48.4. The molecule has 18 nitrogen and oxygen atoms in total. The number of esters is 1. The smallest absolute Gasteiger partial charge is 0.311 e. The molecule has 0 spiro atoms. The minimum atomic E-state index is -2.33. The van der Waals surface area contributed by atoms with Gasteiger partial charge in [0.1, 0.15) is 18.1 Å². The van der Waals surface area contributed by atoms with Gasteiger partial charge < -0.3 is 80.9 Å². The highest BCUT2D eigenvalue weighted by Crippen LogP contribution is 2.38. The molecule has 0 saturated carbocycles. The molecular weight excluding hydrogens is 851 g/mol. The van der Waals surface area contributed by atoms with E-state index in [9.17, 15) is 65.8 Å². The van der Waals surface area contributed by atoms with Gasteiger partial charge in [0.05, 0.1) is 79.6 Å². The molecule has 0 unspecified atom stereocenters. The highest BCUT2D eigenvalue weighted by atomic mass is 16.7. The van der Waals surface area contributed by atoms with E-state index in [0.717, 1.165) is 0 Å². The molecule has 3 aliphatic rings. The minimum absolute atomic E-state index is 0.107. The number of carbonyl (C=O) groups excluding carboxylic acids is 1. The van der Waals surface area contributed by atoms with Crippen molar-refractivity contribution in [3.05, 3.63) is 85.1 Å². The van der Waals surface area contributed by atoms with Crippen molar-refractivity contribution in [2.45, 2.75) is 177 Å². The van der Waals surface area contributed by atoms with Gasteiger partial charge in [0.25, 0.3) is 0 Å². The van der Waals surface area contributed by atoms with Crippen LogP contribution in [0, 0.1) is 17.8 Å². The van der Waals surface area contributed by atoms with Crippen molar-refractivity contribution in [2.24, 2.45) is 23.5 Å². The van der Waals surface area contributed by atoms with E-state index in [1.165, 1.54) is 13.0 Å². The number of cyclic esters (lactones) is 1. The number of carbonyl (C=O) groups is 2. The van der Waals surface area contributed by atoms with E-state index in [2.05, 4.69) is 0 Å². The van der Waals surface area contributed by atoms with Crippen molar-refractivity contribution < 1.29 is 84.7 Å². The van der Waals surface area contributed by atoms with Crippen LogP contribution in [0.1, 0.15) is 79.1 Å². The monoisotopic (exact) mass is 923 g/mol. The Kier molecular flexibility index (Phi) is 23.6. The Morgan fingerprint density at radius 1 is 0.662 bits per heavy atom. The van der Waals surface area contributed by atoms with E-state index in [1.807, 2.05) is 19.1 Å². The summed E-state index contributed by atoms with van der Waals surface area (Å²) in [5, 5.41) is 118. The lowest BCUT2D eigenvalue weighted by Gasteiger charge is -2.45. The second kappa shape index (κ2) is 27.4. The first kappa shape index (κ1) is 55.9. The number of aliphatic hydroxyl groups excluding tert-OH is 9. The summed E-state index contributed by atoms with van der Waals surface area (Å²) in [5.41, 5.74) is 6.02. The SMILES string of the molecule is C[C@@H]1[C@H](O)[C@H](C)\C=C/C=C\C=C/C=C/C=C/C=C/C=C/[C@H](O[C@@H]2O[C@H](C)[C@H](O)[C@H](N)[C@@H]2O)C[C@H]2O[C@@](O)(C[C@H](O)C[C@H](O)[C@H](O)CC[C@H](O)C[C@H](O)CC(=O)O[C@@H]1C)C[C@@H](O)[C@H]2C(=O)O. The van der Waals surface area contributed by atoms with Gasteiger partial charge in [-0.3, -0.25) is 9.59 Å². The van der Waals surface area contributed by atoms with Crippen LogP contribution in [0.15, 0.2) is 85.1 Å². The van der Waals surface area contributed by atoms with Gasteiger partial charge in [-0.2, -0.15) is 0 Å². The maximum atomic E-state index is 12.6. The highest BCUT2D eigenvalue weighted by molar-refractivity contribution is 5.71. The number of allylic oxidation sites excluding steroid dienone is 12. The molecule has 0 aromatic heterocycles. The number of nitrogens with two attached hydrogens (primary N) is 1. The van der Waals surface area contributed by atoms with Gasteiger partial charge in [0, 0.05) is 37.5 Å². The van der Waals surface area contributed by atoms with Crippen LogP contribution in [-0.4, -0.2) is 166 Å². The third kappa shape index (κ3) is 18.6. The Bertz CT molecular complexity index is 1670. The lowest BCUT2D eigenvalue weighted by atomic mass is 9.82. The Labute approximate surface area is 381 Å². The number of carboxylic acid groups (broad SMARTS) is 1. The average molecular weight is 924 g/mol. The molecule has 0 aromatic rings. The van der Waals surface area contributed by atoms with Gasteiger partial charge in [0.15, 0.2) is 12.1 Å². The maximum absolute atomic E-state index is 12.6. The van der Waals surface area contributed by atoms with Crippen LogP contribution in [0.25, 0.3) is 0 Å². The number of aliphatic hydroxyl groups is 10. The Balaban J connectivity index is 1.86. The third-order valence-electron chi connectivity index (χ3n) is 12.0. The van der Waals surface area contributed by atoms with E-state index < -0.39 is 147 Å². The summed E-state index contributed by atoms with van der Waals surface area (Å²) in [6.45, 7) is 6.74. The zero-order valence-electron chi connectivity index (χ0n) is 37.6. The summed E-state index contributed by atoms with van der Waals surface area (Å²) in [6, 6.07) is -1.15. The van der Waals surface area contributed by atoms with Crippen LogP contribution in [0.2, 0.25) is 0 Å². The number of hydrogen-bond donors (Lipinski definition) is 12. The van der Waals surface area contributed by atoms with E-state index in [1.54, 1.807) is 80.7 Å². The fourth-order valence-corrected chi connectivity index (χ4v) is 7.97. The molecule has 18 heteroatoms. The number of fused-ring (bicyclic) bond motifs is 2. The van der Waals surface area contributed by atoms with Crippen LogP contribution < -0.4 is 5.73 Å². The van der Waals surface area contributed by atoms with Gasteiger partial charge in [0.2, 0.25) is 0 Å². The van der Waals surface area contributed by atoms with E-state index in [0.29, 0.717) is 0 Å². The normalized spacial score (nSPS) is 45.5. The van der Waals surface area contributed by atoms with Crippen molar-refractivity contribution in [2.75, 3.05) is 0 Å². The van der Waals surface area contributed by atoms with E-state index in [-0.39, 0.29) is 31.6 Å². The summed E-state index contributed by atoms with van der Waals surface area (Å²) in [4.78, 5) is 25.1. The predicted molar refractivity (Wildman–Crippen MR) is 237 cm³/mol. The zero-order valence-corrected chi connectivity index (χ0v) is 37.6. The number of aliphatic carboxylic acids is 1. The van der Waals surface area contributed by atoms with Crippen molar-refractivity contribution in [3.8, 4) is 0 Å². The summed E-state index contributed by atoms with van der Waals surface area (Å²) in [5.74, 6) is -6.83. The average Bonchev–Trinajstić information content (AvgIpc) is 3.21. The van der Waals surface area contributed by atoms with Crippen molar-refractivity contribution in [1.29, 1.82) is 0 Å². The van der Waals surface area contributed by atoms with E-state index in [4.69, 9.17) is 24.7 Å². The molecule has 2 bridgehead atoms. The van der Waals surface area contributed by atoms with Crippen LogP contribution in [0.5, 0.6) is 0 Å². The predicted octanol–water partition coefficient (Wildman–Crippen LogP) is 0.712. The summed E-state index contributed by atoms with van der Waals surface area (Å²) >= 11 is 0. The standard InChI is InChI=1S/C47H73NO17/c1-27-17-15-13-11-9-7-5-6-8-10-12-14-16-18-34(64-46-44(58)41(48)43(57)30(4)63-46)24-38-40(45(59)60)37(54)26-47(61,65-38)25-33(51)22-36(53)35(52)20-19-31(49)21-32(50)23-39(55)62-29(3)28(2)42(27)56/h5-18,27-38,40-44,46,49-54,56-58,61H,19-26,48H2,1-4H3,(H,59,60)/b6-5+,9-7-,10-8+,13-11-,14-12+,17-15-,18-16+/t27-,28+,29-,30-,31+,32+,33-,34+,35-,36+,37-,38-,40-,41+,42-,43+,44+,46+,47+/m1/s1. The molecule has 19 atom stereocenters. The third-order valence-corrected chi connectivity index (χ3v) is 12.0. The Morgan fingerprint density at radius 2 is 1.23 bits per heavy atom. The van der Waals surface area contributed by atoms with Gasteiger partial charge in [-0.1, -0.05) is 98.9 Å². The summed E-state index contributed by atoms with van der Waals surface area (Å²) in [6.07, 6.45) is 3.46. The Morgan fingerprint density at radius 3 is 1.82 bits per heavy atom. The van der Waals surface area contributed by atoms with Crippen LogP contribution in [0.4, 0.5) is 0 Å². The highest BCUT2D eigenvalue weighted by Gasteiger charge is 2.51. The van der Waals surface area contributed by atoms with Gasteiger partial charge in [-0.15, -0.1) is 0 Å². The number of hydrogen-bond acceptors (Lipinski definition) is 17. The topological polar surface area (TPSA) is 320 Å². The number of ether oxygens (including phenoxy) is 4. The first-order chi connectivity index (χ1) is 30.6. The minimum Gasteiger partial charge on any atom is -0.481 e. The molecule has 2 fully saturated rings. The lowest BCUT2D eigenvalue weighted by Crippen LogP contribution is -2.61. The summed E-state index contributed by atoms with van der Waals surface area (Å²) in [7, 11) is 0. The molecule has 65 heavy (non-hydrogen) atoms. The molecule has 368 valence electrons. The molecule has 0 aromatic carbocycles. The van der Waals surface area contributed by atoms with Gasteiger partial charge in [-0.25, -0.2) is 0 Å². The van der Waals surface area contributed by atoms with Crippen LogP contribution >= 0.6 is 0 Å². The molecule has 13 N–H and O–H groups in total. The molecule has 3 heterocycles. The second-order valence-electron chi connectivity index (χ2n) is 17.6. The molecule has 0 amide bonds. The van der Waals surface area contributed by atoms with Gasteiger partial charge in [-0.05, 0) is 33.1 Å². The molecule has 3 aliphatic heterocycles. The van der Waals surface area contributed by atoms with Gasteiger partial charge >= 0.3 is 11.9 Å². The first-order valence-electron chi connectivity index (χ1n) is 22.3. The van der Waals surface area contributed by atoms with Crippen LogP contribution in [-0.2, 0) is 28.5 Å². The second-order valence-corrected chi connectivity index (χ2v) is 17.6.